The first-order valence-electron chi connectivity index (χ1n) is 7.29. The zero-order valence-corrected chi connectivity index (χ0v) is 12.6. The molecular weight excluding hydrogens is 320 g/mol. The van der Waals surface area contributed by atoms with Gasteiger partial charge in [0.05, 0.1) is 12.2 Å². The van der Waals surface area contributed by atoms with E-state index in [2.05, 4.69) is 10.3 Å². The maximum atomic E-state index is 14.1. The molecule has 126 valence electrons. The fourth-order valence-electron chi connectivity index (χ4n) is 2.52. The van der Waals surface area contributed by atoms with Crippen molar-refractivity contribution >= 4 is 11.8 Å². The molecule has 0 aliphatic carbocycles. The van der Waals surface area contributed by atoms with Crippen molar-refractivity contribution in [2.45, 2.75) is 18.4 Å². The number of rotatable bonds is 5. The molecule has 24 heavy (non-hydrogen) atoms. The molecule has 2 heterocycles. The highest BCUT2D eigenvalue weighted by Crippen LogP contribution is 2.28. The summed E-state index contributed by atoms with van der Waals surface area (Å²) in [5.74, 6) is -5.40. The lowest BCUT2D eigenvalue weighted by atomic mass is 10.0. The van der Waals surface area contributed by atoms with E-state index in [4.69, 9.17) is 5.73 Å². The Morgan fingerprint density at radius 1 is 1.25 bits per heavy atom. The maximum absolute atomic E-state index is 14.1. The molecule has 1 saturated heterocycles. The van der Waals surface area contributed by atoms with E-state index in [1.54, 1.807) is 30.3 Å². The van der Waals surface area contributed by atoms with Crippen molar-refractivity contribution in [2.24, 2.45) is 5.73 Å². The van der Waals surface area contributed by atoms with Crippen LogP contribution in [0.1, 0.15) is 22.1 Å². The van der Waals surface area contributed by atoms with Gasteiger partial charge in [0.2, 0.25) is 0 Å². The van der Waals surface area contributed by atoms with Gasteiger partial charge in [0, 0.05) is 19.5 Å². The van der Waals surface area contributed by atoms with Crippen LogP contribution < -0.4 is 5.73 Å². The van der Waals surface area contributed by atoms with Gasteiger partial charge in [-0.3, -0.25) is 9.59 Å². The van der Waals surface area contributed by atoms with Gasteiger partial charge in [-0.25, -0.2) is 4.68 Å². The number of primary amides is 1. The molecule has 2 aromatic rings. The van der Waals surface area contributed by atoms with Crippen molar-refractivity contribution in [1.29, 1.82) is 0 Å². The van der Waals surface area contributed by atoms with Crippen LogP contribution in [0, 0.1) is 0 Å². The molecule has 3 rings (SSSR count). The Morgan fingerprint density at radius 2 is 1.92 bits per heavy atom. The normalized spacial score (nSPS) is 15.2. The topological polar surface area (TPSA) is 94.1 Å². The van der Waals surface area contributed by atoms with E-state index in [1.165, 1.54) is 10.9 Å². The molecule has 0 unspecified atom stereocenters. The SMILES string of the molecule is NC(=O)c1cn(C2CN(C(=O)C(F)(F)Cc3ccccc3)C2)nn1. The van der Waals surface area contributed by atoms with Crippen LogP contribution in [-0.4, -0.2) is 50.7 Å². The number of halogens is 2. The smallest absolute Gasteiger partial charge is 0.328 e. The Hall–Kier alpha value is -2.84. The summed E-state index contributed by atoms with van der Waals surface area (Å²) in [6.07, 6.45) is 0.708. The Morgan fingerprint density at radius 3 is 2.50 bits per heavy atom. The zero-order valence-electron chi connectivity index (χ0n) is 12.6. The quantitative estimate of drug-likeness (QED) is 0.867. The zero-order chi connectivity index (χ0) is 17.3. The van der Waals surface area contributed by atoms with E-state index in [-0.39, 0.29) is 24.8 Å². The second-order valence-electron chi connectivity index (χ2n) is 5.68. The predicted octanol–water partition coefficient (Wildman–Crippen LogP) is 0.638. The monoisotopic (exact) mass is 335 g/mol. The number of aromatic nitrogens is 3. The third kappa shape index (κ3) is 3.10. The van der Waals surface area contributed by atoms with Gasteiger partial charge in [-0.05, 0) is 5.56 Å². The number of alkyl halides is 2. The molecule has 1 aliphatic rings. The van der Waals surface area contributed by atoms with Gasteiger partial charge < -0.3 is 10.6 Å². The summed E-state index contributed by atoms with van der Waals surface area (Å²) in [7, 11) is 0. The third-order valence-corrected chi connectivity index (χ3v) is 3.87. The van der Waals surface area contributed by atoms with Crippen molar-refractivity contribution < 1.29 is 18.4 Å². The van der Waals surface area contributed by atoms with Crippen molar-refractivity contribution in [3.8, 4) is 0 Å². The fraction of sp³-hybridized carbons (Fsp3) is 0.333. The minimum Gasteiger partial charge on any atom is -0.364 e. The molecular formula is C15H15F2N5O2. The van der Waals surface area contributed by atoms with Gasteiger partial charge in [0.25, 0.3) is 11.8 Å². The summed E-state index contributed by atoms with van der Waals surface area (Å²) in [5.41, 5.74) is 5.47. The number of hydrogen-bond acceptors (Lipinski definition) is 4. The molecule has 0 radical (unpaired) electrons. The Balaban J connectivity index is 1.60. The first-order valence-corrected chi connectivity index (χ1v) is 7.29. The third-order valence-electron chi connectivity index (χ3n) is 3.87. The van der Waals surface area contributed by atoms with Gasteiger partial charge >= 0.3 is 5.92 Å². The van der Waals surface area contributed by atoms with E-state index in [1.807, 2.05) is 0 Å². The highest BCUT2D eigenvalue weighted by molar-refractivity contribution is 5.90. The molecule has 1 fully saturated rings. The van der Waals surface area contributed by atoms with Crippen LogP contribution >= 0.6 is 0 Å². The lowest BCUT2D eigenvalue weighted by Crippen LogP contribution is -2.56. The van der Waals surface area contributed by atoms with Gasteiger partial charge in [-0.15, -0.1) is 5.10 Å². The van der Waals surface area contributed by atoms with E-state index in [0.29, 0.717) is 5.56 Å². The highest BCUT2D eigenvalue weighted by Gasteiger charge is 2.46. The van der Waals surface area contributed by atoms with Crippen molar-refractivity contribution in [3.63, 3.8) is 0 Å². The summed E-state index contributed by atoms with van der Waals surface area (Å²) in [5, 5.41) is 7.30. The van der Waals surface area contributed by atoms with Gasteiger partial charge in [0.15, 0.2) is 5.69 Å². The molecule has 1 aromatic heterocycles. The first-order chi connectivity index (χ1) is 11.4. The molecule has 0 atom stereocenters. The average Bonchev–Trinajstić information content (AvgIpc) is 2.96. The van der Waals surface area contributed by atoms with Gasteiger partial charge in [-0.2, -0.15) is 8.78 Å². The summed E-state index contributed by atoms with van der Waals surface area (Å²) in [4.78, 5) is 24.0. The number of nitrogens with zero attached hydrogens (tertiary/aromatic N) is 4. The Kier molecular flexibility index (Phi) is 4.00. The minimum atomic E-state index is -3.47. The maximum Gasteiger partial charge on any atom is 0.328 e. The number of nitrogens with two attached hydrogens (primary N) is 1. The van der Waals surface area contributed by atoms with Crippen LogP contribution in [0.25, 0.3) is 0 Å². The van der Waals surface area contributed by atoms with E-state index in [9.17, 15) is 18.4 Å². The van der Waals surface area contributed by atoms with Gasteiger partial charge in [0.1, 0.15) is 0 Å². The Labute approximate surface area is 136 Å². The molecule has 7 nitrogen and oxygen atoms in total. The second kappa shape index (κ2) is 5.99. The molecule has 2 amide bonds. The predicted molar refractivity (Wildman–Crippen MR) is 79.2 cm³/mol. The van der Waals surface area contributed by atoms with E-state index in [0.717, 1.165) is 4.90 Å². The van der Waals surface area contributed by atoms with Crippen LogP contribution in [-0.2, 0) is 11.2 Å². The molecule has 0 spiro atoms. The number of carbonyl (C=O) groups excluding carboxylic acids is 2. The molecule has 0 bridgehead atoms. The van der Waals surface area contributed by atoms with Crippen LogP contribution in [0.2, 0.25) is 0 Å². The first kappa shape index (κ1) is 16.0. The lowest BCUT2D eigenvalue weighted by Gasteiger charge is -2.40. The largest absolute Gasteiger partial charge is 0.364 e. The van der Waals surface area contributed by atoms with Crippen molar-refractivity contribution in [3.05, 3.63) is 47.8 Å². The van der Waals surface area contributed by atoms with Crippen LogP contribution in [0.15, 0.2) is 36.5 Å². The number of benzene rings is 1. The summed E-state index contributed by atoms with van der Waals surface area (Å²) in [6, 6.07) is 7.85. The van der Waals surface area contributed by atoms with Crippen molar-refractivity contribution in [2.75, 3.05) is 13.1 Å². The minimum absolute atomic E-state index is 0.00539. The number of amides is 2. The molecule has 9 heteroatoms. The Bertz CT molecular complexity index is 756. The van der Waals surface area contributed by atoms with Crippen LogP contribution in [0.3, 0.4) is 0 Å². The molecule has 1 aromatic carbocycles. The molecule has 1 aliphatic heterocycles. The van der Waals surface area contributed by atoms with Crippen LogP contribution in [0.4, 0.5) is 8.78 Å². The molecule has 0 saturated carbocycles. The number of hydrogen-bond donors (Lipinski definition) is 1. The lowest BCUT2D eigenvalue weighted by molar-refractivity contribution is -0.163. The standard InChI is InChI=1S/C15H15F2N5O2/c16-15(17,6-10-4-2-1-3-5-10)14(24)21-7-11(8-21)22-9-12(13(18)23)19-20-22/h1-5,9,11H,6-8H2,(H2,18,23). The van der Waals surface area contributed by atoms with Crippen molar-refractivity contribution in [1.82, 2.24) is 19.9 Å². The number of likely N-dealkylation sites (tertiary alicyclic amines) is 1. The highest BCUT2D eigenvalue weighted by atomic mass is 19.3. The summed E-state index contributed by atoms with van der Waals surface area (Å²) < 4.78 is 29.6. The van der Waals surface area contributed by atoms with E-state index < -0.39 is 24.2 Å². The average molecular weight is 335 g/mol. The number of carbonyl (C=O) groups is 2. The second-order valence-corrected chi connectivity index (χ2v) is 5.68. The summed E-state index contributed by atoms with van der Waals surface area (Å²) in [6.45, 7) is 0.176. The molecule has 2 N–H and O–H groups in total. The summed E-state index contributed by atoms with van der Waals surface area (Å²) >= 11 is 0. The van der Waals surface area contributed by atoms with E-state index >= 15 is 0 Å². The van der Waals surface area contributed by atoms with Gasteiger partial charge in [-0.1, -0.05) is 35.5 Å². The fourth-order valence-corrected chi connectivity index (χ4v) is 2.52. The van der Waals surface area contributed by atoms with Crippen LogP contribution in [0.5, 0.6) is 0 Å².